The molecule has 2 atom stereocenters. The van der Waals surface area contributed by atoms with Crippen molar-refractivity contribution in [1.29, 1.82) is 0 Å². The summed E-state index contributed by atoms with van der Waals surface area (Å²) < 4.78 is 0. The molecule has 5 nitrogen and oxygen atoms in total. The van der Waals surface area contributed by atoms with Crippen molar-refractivity contribution in [2.24, 2.45) is 5.92 Å². The molecule has 114 valence electrons. The summed E-state index contributed by atoms with van der Waals surface area (Å²) in [6.45, 7) is 3.31. The van der Waals surface area contributed by atoms with Crippen molar-refractivity contribution in [1.82, 2.24) is 9.80 Å². The first kappa shape index (κ1) is 15.5. The number of carbonyl (C=O) groups excluding carboxylic acids is 1. The van der Waals surface area contributed by atoms with E-state index >= 15 is 0 Å². The van der Waals surface area contributed by atoms with Gasteiger partial charge in [-0.2, -0.15) is 0 Å². The molecular formula is C16H22N2O3. The fourth-order valence-electron chi connectivity index (χ4n) is 2.84. The van der Waals surface area contributed by atoms with Crippen LogP contribution in [0.2, 0.25) is 0 Å². The van der Waals surface area contributed by atoms with Gasteiger partial charge in [0.15, 0.2) is 0 Å². The number of hydrogen-bond acceptors (Lipinski definition) is 3. The van der Waals surface area contributed by atoms with Crippen molar-refractivity contribution in [2.45, 2.75) is 25.9 Å². The first-order chi connectivity index (χ1) is 9.99. The van der Waals surface area contributed by atoms with Gasteiger partial charge in [0.1, 0.15) is 6.04 Å². The average Bonchev–Trinajstić information content (AvgIpc) is 2.80. The second-order valence-electron chi connectivity index (χ2n) is 5.75. The lowest BCUT2D eigenvalue weighted by Crippen LogP contribution is -2.44. The highest BCUT2D eigenvalue weighted by Crippen LogP contribution is 2.23. The Bertz CT molecular complexity index is 504. The Kier molecular flexibility index (Phi) is 4.96. The quantitative estimate of drug-likeness (QED) is 0.891. The number of rotatable bonds is 5. The van der Waals surface area contributed by atoms with Crippen molar-refractivity contribution < 1.29 is 14.7 Å². The number of carboxylic acids is 1. The highest BCUT2D eigenvalue weighted by molar-refractivity contribution is 5.80. The molecule has 5 heteroatoms. The average molecular weight is 290 g/mol. The van der Waals surface area contributed by atoms with Crippen LogP contribution in [0.4, 0.5) is 0 Å². The zero-order valence-electron chi connectivity index (χ0n) is 12.5. The number of aliphatic carboxylic acids is 1. The van der Waals surface area contributed by atoms with Gasteiger partial charge in [-0.25, -0.2) is 0 Å². The van der Waals surface area contributed by atoms with E-state index < -0.39 is 12.0 Å². The molecule has 1 amide bonds. The summed E-state index contributed by atoms with van der Waals surface area (Å²) in [5.74, 6) is -0.785. The molecule has 2 unspecified atom stereocenters. The van der Waals surface area contributed by atoms with Crippen molar-refractivity contribution in [3.05, 3.63) is 35.9 Å². The summed E-state index contributed by atoms with van der Waals surface area (Å²) >= 11 is 0. The molecule has 0 saturated carbocycles. The van der Waals surface area contributed by atoms with E-state index in [0.29, 0.717) is 13.1 Å². The fraction of sp³-hybridized carbons (Fsp3) is 0.500. The highest BCUT2D eigenvalue weighted by atomic mass is 16.4. The van der Waals surface area contributed by atoms with Gasteiger partial charge in [0, 0.05) is 13.6 Å². The van der Waals surface area contributed by atoms with Crippen LogP contribution in [0.1, 0.15) is 18.9 Å². The van der Waals surface area contributed by atoms with Crippen molar-refractivity contribution in [3.8, 4) is 0 Å². The molecule has 0 bridgehead atoms. The van der Waals surface area contributed by atoms with Crippen molar-refractivity contribution in [2.75, 3.05) is 20.1 Å². The topological polar surface area (TPSA) is 60.9 Å². The predicted octanol–water partition coefficient (Wildman–Crippen LogP) is 1.44. The van der Waals surface area contributed by atoms with E-state index in [1.807, 2.05) is 37.3 Å². The number of carbonyl (C=O) groups is 2. The molecule has 1 heterocycles. The SMILES string of the molecule is CC1CCN(CC(=O)N(C)Cc2ccccc2)C1C(=O)O. The minimum absolute atomic E-state index is 0.0424. The van der Waals surface area contributed by atoms with E-state index in [-0.39, 0.29) is 18.4 Å². The molecule has 0 radical (unpaired) electrons. The Morgan fingerprint density at radius 3 is 2.62 bits per heavy atom. The largest absolute Gasteiger partial charge is 0.480 e. The Labute approximate surface area is 125 Å². The third-order valence-corrected chi connectivity index (χ3v) is 4.08. The molecule has 0 aromatic heterocycles. The molecule has 0 spiro atoms. The van der Waals surface area contributed by atoms with Crippen LogP contribution in [-0.4, -0.2) is 53.0 Å². The van der Waals surface area contributed by atoms with Crippen LogP contribution in [0.25, 0.3) is 0 Å². The van der Waals surface area contributed by atoms with Crippen LogP contribution >= 0.6 is 0 Å². The van der Waals surface area contributed by atoms with Crippen LogP contribution in [0.3, 0.4) is 0 Å². The van der Waals surface area contributed by atoms with Crippen molar-refractivity contribution >= 4 is 11.9 Å². The second kappa shape index (κ2) is 6.72. The molecule has 1 aliphatic heterocycles. The molecule has 21 heavy (non-hydrogen) atoms. The van der Waals surface area contributed by atoms with E-state index in [2.05, 4.69) is 0 Å². The lowest BCUT2D eigenvalue weighted by atomic mass is 10.0. The number of benzene rings is 1. The molecule has 1 fully saturated rings. The Balaban J connectivity index is 1.93. The van der Waals surface area contributed by atoms with E-state index in [1.165, 1.54) is 0 Å². The smallest absolute Gasteiger partial charge is 0.321 e. The summed E-state index contributed by atoms with van der Waals surface area (Å²) in [7, 11) is 1.75. The van der Waals surface area contributed by atoms with Crippen LogP contribution < -0.4 is 0 Å². The van der Waals surface area contributed by atoms with Gasteiger partial charge in [0.05, 0.1) is 6.54 Å². The third-order valence-electron chi connectivity index (χ3n) is 4.08. The first-order valence-electron chi connectivity index (χ1n) is 7.23. The second-order valence-corrected chi connectivity index (χ2v) is 5.75. The maximum absolute atomic E-state index is 12.3. The van der Waals surface area contributed by atoms with Gasteiger partial charge in [-0.1, -0.05) is 37.3 Å². The lowest BCUT2D eigenvalue weighted by Gasteiger charge is -2.25. The lowest BCUT2D eigenvalue weighted by molar-refractivity contribution is -0.144. The van der Waals surface area contributed by atoms with Gasteiger partial charge in [0.2, 0.25) is 5.91 Å². The Morgan fingerprint density at radius 1 is 1.33 bits per heavy atom. The number of amides is 1. The van der Waals surface area contributed by atoms with Crippen LogP contribution in [0, 0.1) is 5.92 Å². The molecular weight excluding hydrogens is 268 g/mol. The standard InChI is InChI=1S/C16H22N2O3/c1-12-8-9-18(15(12)16(20)21)11-14(19)17(2)10-13-6-4-3-5-7-13/h3-7,12,15H,8-11H2,1-2H3,(H,20,21). The first-order valence-corrected chi connectivity index (χ1v) is 7.23. The number of nitrogens with zero attached hydrogens (tertiary/aromatic N) is 2. The van der Waals surface area contributed by atoms with Gasteiger partial charge in [0.25, 0.3) is 0 Å². The van der Waals surface area contributed by atoms with E-state index in [1.54, 1.807) is 16.8 Å². The zero-order chi connectivity index (χ0) is 15.4. The summed E-state index contributed by atoms with van der Waals surface area (Å²) in [5, 5.41) is 9.27. The predicted molar refractivity (Wildman–Crippen MR) is 79.7 cm³/mol. The summed E-state index contributed by atoms with van der Waals surface area (Å²) in [4.78, 5) is 27.0. The van der Waals surface area contributed by atoms with Crippen LogP contribution in [0.15, 0.2) is 30.3 Å². The van der Waals surface area contributed by atoms with E-state index in [4.69, 9.17) is 0 Å². The molecule has 1 saturated heterocycles. The van der Waals surface area contributed by atoms with Gasteiger partial charge in [-0.15, -0.1) is 0 Å². The Hall–Kier alpha value is -1.88. The molecule has 1 aromatic carbocycles. The van der Waals surface area contributed by atoms with E-state index in [9.17, 15) is 14.7 Å². The van der Waals surface area contributed by atoms with Crippen LogP contribution in [0.5, 0.6) is 0 Å². The van der Waals surface area contributed by atoms with Gasteiger partial charge < -0.3 is 10.0 Å². The molecule has 0 aliphatic carbocycles. The molecule has 1 aliphatic rings. The Morgan fingerprint density at radius 2 is 2.00 bits per heavy atom. The number of likely N-dealkylation sites (N-methyl/N-ethyl adjacent to an activating group) is 1. The monoisotopic (exact) mass is 290 g/mol. The highest BCUT2D eigenvalue weighted by Gasteiger charge is 2.37. The number of likely N-dealkylation sites (tertiary alicyclic amines) is 1. The van der Waals surface area contributed by atoms with Crippen LogP contribution in [-0.2, 0) is 16.1 Å². The third kappa shape index (κ3) is 3.82. The maximum Gasteiger partial charge on any atom is 0.321 e. The van der Waals surface area contributed by atoms with Gasteiger partial charge in [-0.3, -0.25) is 14.5 Å². The van der Waals surface area contributed by atoms with E-state index in [0.717, 1.165) is 12.0 Å². The van der Waals surface area contributed by atoms with Gasteiger partial charge in [-0.05, 0) is 24.4 Å². The van der Waals surface area contributed by atoms with Gasteiger partial charge >= 0.3 is 5.97 Å². The molecule has 2 rings (SSSR count). The fourth-order valence-corrected chi connectivity index (χ4v) is 2.84. The van der Waals surface area contributed by atoms with Crippen molar-refractivity contribution in [3.63, 3.8) is 0 Å². The summed E-state index contributed by atoms with van der Waals surface area (Å²) in [6, 6.07) is 9.23. The number of carboxylic acid groups (broad SMARTS) is 1. The zero-order valence-corrected chi connectivity index (χ0v) is 12.5. The minimum Gasteiger partial charge on any atom is -0.480 e. The summed E-state index contributed by atoms with van der Waals surface area (Å²) in [6.07, 6.45) is 0.826. The molecule has 1 N–H and O–H groups in total. The minimum atomic E-state index is -0.835. The molecule has 1 aromatic rings. The normalized spacial score (nSPS) is 22.2. The summed E-state index contributed by atoms with van der Waals surface area (Å²) in [5.41, 5.74) is 1.07. The number of hydrogen-bond donors (Lipinski definition) is 1. The maximum atomic E-state index is 12.3.